The largest absolute Gasteiger partial charge is 0.486 e. The van der Waals surface area contributed by atoms with Crippen LogP contribution in [0.3, 0.4) is 0 Å². The summed E-state index contributed by atoms with van der Waals surface area (Å²) in [5.41, 5.74) is 0. The molecule has 3 aliphatic heterocycles. The lowest BCUT2D eigenvalue weighted by molar-refractivity contribution is -0.141. The van der Waals surface area contributed by atoms with Gasteiger partial charge in [-0.05, 0) is 63.7 Å². The normalized spacial score (nSPS) is 25.1. The lowest BCUT2D eigenvalue weighted by Gasteiger charge is -2.36. The van der Waals surface area contributed by atoms with Crippen molar-refractivity contribution in [2.45, 2.75) is 50.7 Å². The zero-order chi connectivity index (χ0) is 19.2. The summed E-state index contributed by atoms with van der Waals surface area (Å²) in [6.07, 6.45) is 6.99. The van der Waals surface area contributed by atoms with Gasteiger partial charge in [0.25, 0.3) is 0 Å². The maximum Gasteiger partial charge on any atom is 0.248 e. The number of para-hydroxylation sites is 2. The highest BCUT2D eigenvalue weighted by Crippen LogP contribution is 2.30. The van der Waals surface area contributed by atoms with Crippen LogP contribution in [0.4, 0.5) is 0 Å². The van der Waals surface area contributed by atoms with E-state index in [-0.39, 0.29) is 18.6 Å². The van der Waals surface area contributed by atoms with Crippen LogP contribution >= 0.6 is 0 Å². The van der Waals surface area contributed by atoms with E-state index in [1.807, 2.05) is 24.3 Å². The molecule has 0 radical (unpaired) electrons. The molecule has 1 aromatic carbocycles. The fourth-order valence-electron chi connectivity index (χ4n) is 4.47. The third kappa shape index (κ3) is 4.97. The van der Waals surface area contributed by atoms with Gasteiger partial charge in [0.2, 0.25) is 5.91 Å². The topological polar surface area (TPSA) is 51.2 Å². The number of benzene rings is 1. The maximum atomic E-state index is 12.8. The number of ether oxygens (including phenoxy) is 3. The first-order chi connectivity index (χ1) is 13.8. The first kappa shape index (κ1) is 19.5. The Morgan fingerprint density at radius 3 is 2.71 bits per heavy atom. The van der Waals surface area contributed by atoms with Gasteiger partial charge in [-0.3, -0.25) is 4.79 Å². The van der Waals surface area contributed by atoms with Crippen LogP contribution in [0, 0.1) is 0 Å². The van der Waals surface area contributed by atoms with E-state index in [0.717, 1.165) is 43.9 Å². The molecule has 3 aliphatic rings. The Balaban J connectivity index is 1.21. The molecule has 0 bridgehead atoms. The summed E-state index contributed by atoms with van der Waals surface area (Å²) in [5.74, 6) is 1.62. The molecule has 28 heavy (non-hydrogen) atoms. The fourth-order valence-corrected chi connectivity index (χ4v) is 4.47. The van der Waals surface area contributed by atoms with Gasteiger partial charge in [-0.2, -0.15) is 0 Å². The lowest BCUT2D eigenvalue weighted by atomic mass is 9.99. The van der Waals surface area contributed by atoms with Crippen molar-refractivity contribution in [1.82, 2.24) is 9.80 Å². The van der Waals surface area contributed by atoms with Gasteiger partial charge in [0.1, 0.15) is 13.2 Å². The Bertz CT molecular complexity index is 647. The monoisotopic (exact) mass is 388 g/mol. The van der Waals surface area contributed by atoms with Crippen molar-refractivity contribution >= 4 is 5.91 Å². The molecule has 2 atom stereocenters. The van der Waals surface area contributed by atoms with Crippen molar-refractivity contribution in [2.24, 2.45) is 0 Å². The van der Waals surface area contributed by atoms with Crippen molar-refractivity contribution in [3.05, 3.63) is 24.3 Å². The molecule has 0 saturated carbocycles. The minimum atomic E-state index is -0.171. The standard InChI is InChI=1S/C22H32N2O4/c25-22(17-26-15-19-16-27-20-8-1-2-9-21(20)28-19)24-13-4-3-7-18(24)10-14-23-11-5-6-12-23/h1-2,8-9,18-19H,3-7,10-17H2/t18-,19-/m1/s1. The summed E-state index contributed by atoms with van der Waals surface area (Å²) in [6.45, 7) is 5.36. The molecule has 0 N–H and O–H groups in total. The van der Waals surface area contributed by atoms with Crippen LogP contribution in [0.15, 0.2) is 24.3 Å². The first-order valence-electron chi connectivity index (χ1n) is 10.8. The van der Waals surface area contributed by atoms with Gasteiger partial charge >= 0.3 is 0 Å². The molecule has 4 rings (SSSR count). The number of hydrogen-bond donors (Lipinski definition) is 0. The molecule has 1 amide bonds. The van der Waals surface area contributed by atoms with Gasteiger partial charge in [0.05, 0.1) is 6.61 Å². The molecule has 6 heteroatoms. The highest BCUT2D eigenvalue weighted by atomic mass is 16.6. The summed E-state index contributed by atoms with van der Waals surface area (Å²) < 4.78 is 17.3. The lowest BCUT2D eigenvalue weighted by Crippen LogP contribution is -2.47. The number of carbonyl (C=O) groups excluding carboxylic acids is 1. The summed E-state index contributed by atoms with van der Waals surface area (Å²) in [4.78, 5) is 17.4. The summed E-state index contributed by atoms with van der Waals surface area (Å²) in [7, 11) is 0. The Morgan fingerprint density at radius 1 is 1.07 bits per heavy atom. The molecular formula is C22H32N2O4. The molecule has 1 aromatic rings. The van der Waals surface area contributed by atoms with Gasteiger partial charge in [-0.15, -0.1) is 0 Å². The molecule has 2 fully saturated rings. The smallest absolute Gasteiger partial charge is 0.248 e. The second-order valence-corrected chi connectivity index (χ2v) is 8.09. The quantitative estimate of drug-likeness (QED) is 0.719. The van der Waals surface area contributed by atoms with Crippen LogP contribution in [-0.4, -0.2) is 73.9 Å². The van der Waals surface area contributed by atoms with E-state index in [1.54, 1.807) is 0 Å². The van der Waals surface area contributed by atoms with Crippen molar-refractivity contribution in [2.75, 3.05) is 46.0 Å². The summed E-state index contributed by atoms with van der Waals surface area (Å²) in [6, 6.07) is 8.01. The Morgan fingerprint density at radius 2 is 1.86 bits per heavy atom. The second-order valence-electron chi connectivity index (χ2n) is 8.09. The number of hydrogen-bond acceptors (Lipinski definition) is 5. The molecule has 2 saturated heterocycles. The third-order valence-corrected chi connectivity index (χ3v) is 6.02. The Hall–Kier alpha value is -1.79. The number of amides is 1. The molecule has 3 heterocycles. The zero-order valence-electron chi connectivity index (χ0n) is 16.7. The number of carbonyl (C=O) groups is 1. The number of likely N-dealkylation sites (tertiary alicyclic amines) is 2. The minimum Gasteiger partial charge on any atom is -0.486 e. The third-order valence-electron chi connectivity index (χ3n) is 6.02. The summed E-state index contributed by atoms with van der Waals surface area (Å²) >= 11 is 0. The zero-order valence-corrected chi connectivity index (χ0v) is 16.7. The Labute approximate surface area is 167 Å². The number of fused-ring (bicyclic) bond motifs is 1. The number of nitrogens with zero attached hydrogens (tertiary/aromatic N) is 2. The predicted molar refractivity (Wildman–Crippen MR) is 107 cm³/mol. The van der Waals surface area contributed by atoms with Gasteiger partial charge in [-0.25, -0.2) is 0 Å². The molecule has 0 spiro atoms. The van der Waals surface area contributed by atoms with Crippen molar-refractivity contribution in [3.63, 3.8) is 0 Å². The van der Waals surface area contributed by atoms with E-state index >= 15 is 0 Å². The van der Waals surface area contributed by atoms with Gasteiger partial charge in [-0.1, -0.05) is 12.1 Å². The first-order valence-corrected chi connectivity index (χ1v) is 10.8. The van der Waals surface area contributed by atoms with Crippen LogP contribution in [0.1, 0.15) is 38.5 Å². The van der Waals surface area contributed by atoms with Crippen LogP contribution in [-0.2, 0) is 9.53 Å². The van der Waals surface area contributed by atoms with Crippen molar-refractivity contribution in [3.8, 4) is 11.5 Å². The molecular weight excluding hydrogens is 356 g/mol. The molecule has 154 valence electrons. The van der Waals surface area contributed by atoms with Crippen LogP contribution < -0.4 is 9.47 Å². The average molecular weight is 389 g/mol. The predicted octanol–water partition coefficient (Wildman–Crippen LogP) is 2.71. The highest BCUT2D eigenvalue weighted by molar-refractivity contribution is 5.77. The highest BCUT2D eigenvalue weighted by Gasteiger charge is 2.28. The van der Waals surface area contributed by atoms with Crippen LogP contribution in [0.2, 0.25) is 0 Å². The number of piperidine rings is 1. The molecule has 0 aliphatic carbocycles. The van der Waals surface area contributed by atoms with Crippen molar-refractivity contribution < 1.29 is 19.0 Å². The molecule has 6 nitrogen and oxygen atoms in total. The summed E-state index contributed by atoms with van der Waals surface area (Å²) in [5, 5.41) is 0. The van der Waals surface area contributed by atoms with Gasteiger partial charge in [0.15, 0.2) is 17.6 Å². The van der Waals surface area contributed by atoms with E-state index in [1.165, 1.54) is 32.4 Å². The number of rotatable bonds is 7. The molecule has 0 unspecified atom stereocenters. The van der Waals surface area contributed by atoms with E-state index in [4.69, 9.17) is 14.2 Å². The van der Waals surface area contributed by atoms with E-state index in [0.29, 0.717) is 19.3 Å². The maximum absolute atomic E-state index is 12.8. The van der Waals surface area contributed by atoms with Gasteiger partial charge in [0, 0.05) is 19.1 Å². The molecule has 0 aromatic heterocycles. The SMILES string of the molecule is O=C(COC[C@@H]1COc2ccccc2O1)N1CCCC[C@@H]1CCN1CCCC1. The van der Waals surface area contributed by atoms with Crippen LogP contribution in [0.5, 0.6) is 11.5 Å². The van der Waals surface area contributed by atoms with E-state index < -0.39 is 0 Å². The van der Waals surface area contributed by atoms with Crippen LogP contribution in [0.25, 0.3) is 0 Å². The van der Waals surface area contributed by atoms with E-state index in [9.17, 15) is 4.79 Å². The average Bonchev–Trinajstić information content (AvgIpc) is 3.26. The van der Waals surface area contributed by atoms with Gasteiger partial charge < -0.3 is 24.0 Å². The second kappa shape index (κ2) is 9.61. The minimum absolute atomic E-state index is 0.114. The Kier molecular flexibility index (Phi) is 6.70. The van der Waals surface area contributed by atoms with E-state index in [2.05, 4.69) is 9.80 Å². The van der Waals surface area contributed by atoms with Crippen molar-refractivity contribution in [1.29, 1.82) is 0 Å². The fraction of sp³-hybridized carbons (Fsp3) is 0.682.